The zero-order chi connectivity index (χ0) is 13.7. The van der Waals surface area contributed by atoms with E-state index in [1.807, 2.05) is 6.07 Å². The summed E-state index contributed by atoms with van der Waals surface area (Å²) < 4.78 is 0. The van der Waals surface area contributed by atoms with Crippen molar-refractivity contribution in [3.8, 4) is 0 Å². The molecule has 5 nitrogen and oxygen atoms in total. The normalized spacial score (nSPS) is 10.6. The summed E-state index contributed by atoms with van der Waals surface area (Å²) in [6, 6.07) is 7.09. The molecule has 19 heavy (non-hydrogen) atoms. The van der Waals surface area contributed by atoms with E-state index < -0.39 is 0 Å². The fourth-order valence-electron chi connectivity index (χ4n) is 1.94. The van der Waals surface area contributed by atoms with E-state index in [4.69, 9.17) is 0 Å². The molecule has 0 radical (unpaired) electrons. The molecule has 0 spiro atoms. The highest BCUT2D eigenvalue weighted by molar-refractivity contribution is 5.99. The predicted molar refractivity (Wildman–Crippen MR) is 75.1 cm³/mol. The van der Waals surface area contributed by atoms with Gasteiger partial charge in [0.25, 0.3) is 5.56 Å². The lowest BCUT2D eigenvalue weighted by Crippen LogP contribution is -2.16. The Hall–Kier alpha value is -2.17. The van der Waals surface area contributed by atoms with E-state index in [1.54, 1.807) is 18.2 Å². The summed E-state index contributed by atoms with van der Waals surface area (Å²) in [7, 11) is 0. The number of amides is 1. The number of nitrogens with zero attached hydrogens (tertiary/aromatic N) is 1. The Morgan fingerprint density at radius 1 is 1.26 bits per heavy atom. The van der Waals surface area contributed by atoms with Gasteiger partial charge in [0.05, 0.1) is 5.39 Å². The third-order valence-electron chi connectivity index (χ3n) is 2.96. The van der Waals surface area contributed by atoms with Crippen molar-refractivity contribution in [2.75, 3.05) is 5.32 Å². The molecule has 0 aliphatic heterocycles. The van der Waals surface area contributed by atoms with Crippen LogP contribution < -0.4 is 10.9 Å². The molecule has 100 valence electrons. The summed E-state index contributed by atoms with van der Waals surface area (Å²) in [4.78, 5) is 23.4. The molecule has 1 amide bonds. The maximum absolute atomic E-state index is 11.8. The largest absolute Gasteiger partial charge is 0.309 e. The number of aromatic amines is 1. The Balaban J connectivity index is 2.19. The zero-order valence-corrected chi connectivity index (χ0v) is 10.9. The second-order valence-electron chi connectivity index (χ2n) is 4.45. The number of hydrogen-bond acceptors (Lipinski definition) is 3. The van der Waals surface area contributed by atoms with Crippen LogP contribution in [0, 0.1) is 0 Å². The third-order valence-corrected chi connectivity index (χ3v) is 2.96. The molecule has 1 aromatic heterocycles. The SMILES string of the molecule is CCCCCC(=O)Nc1n[nH]c(=O)c2ccccc12. The van der Waals surface area contributed by atoms with Gasteiger partial charge >= 0.3 is 0 Å². The van der Waals surface area contributed by atoms with Crippen LogP contribution >= 0.6 is 0 Å². The van der Waals surface area contributed by atoms with Gasteiger partial charge in [0.15, 0.2) is 5.82 Å². The van der Waals surface area contributed by atoms with Crippen LogP contribution in [0.25, 0.3) is 10.8 Å². The van der Waals surface area contributed by atoms with Gasteiger partial charge in [-0.1, -0.05) is 38.0 Å². The molecular weight excluding hydrogens is 242 g/mol. The van der Waals surface area contributed by atoms with Crippen LogP contribution in [-0.4, -0.2) is 16.1 Å². The number of H-pyrrole nitrogens is 1. The standard InChI is InChI=1S/C14H17N3O2/c1-2-3-4-9-12(18)15-13-10-7-5-6-8-11(10)14(19)17-16-13/h5-8H,2-4,9H2,1H3,(H,17,19)(H,15,16,18). The molecule has 0 fully saturated rings. The van der Waals surface area contributed by atoms with Gasteiger partial charge in [0.1, 0.15) is 0 Å². The van der Waals surface area contributed by atoms with E-state index in [0.717, 1.165) is 19.3 Å². The van der Waals surface area contributed by atoms with Crippen LogP contribution in [-0.2, 0) is 4.79 Å². The minimum Gasteiger partial charge on any atom is -0.309 e. The Kier molecular flexibility index (Phi) is 4.28. The Labute approximate surface area is 111 Å². The van der Waals surface area contributed by atoms with Gasteiger partial charge in [-0.3, -0.25) is 9.59 Å². The summed E-state index contributed by atoms with van der Waals surface area (Å²) in [5, 5.41) is 10.2. The number of rotatable bonds is 5. The molecule has 2 N–H and O–H groups in total. The first-order valence-corrected chi connectivity index (χ1v) is 6.49. The Bertz CT molecular complexity index is 634. The minimum atomic E-state index is -0.250. The van der Waals surface area contributed by atoms with E-state index in [-0.39, 0.29) is 11.5 Å². The second-order valence-corrected chi connectivity index (χ2v) is 4.45. The van der Waals surface area contributed by atoms with E-state index in [1.165, 1.54) is 0 Å². The first-order valence-electron chi connectivity index (χ1n) is 6.49. The van der Waals surface area contributed by atoms with Crippen molar-refractivity contribution in [2.45, 2.75) is 32.6 Å². The molecule has 1 aromatic carbocycles. The molecule has 0 bridgehead atoms. The maximum Gasteiger partial charge on any atom is 0.272 e. The molecule has 2 aromatic rings. The van der Waals surface area contributed by atoms with Gasteiger partial charge in [0, 0.05) is 11.8 Å². The van der Waals surface area contributed by atoms with E-state index in [2.05, 4.69) is 22.4 Å². The monoisotopic (exact) mass is 259 g/mol. The smallest absolute Gasteiger partial charge is 0.272 e. The number of hydrogen-bond donors (Lipinski definition) is 2. The van der Waals surface area contributed by atoms with Crippen LogP contribution in [0.5, 0.6) is 0 Å². The van der Waals surface area contributed by atoms with Crippen LogP contribution in [0.4, 0.5) is 5.82 Å². The summed E-state index contributed by atoms with van der Waals surface area (Å²) in [6.07, 6.45) is 3.45. The number of benzene rings is 1. The molecule has 0 aliphatic rings. The van der Waals surface area contributed by atoms with Gasteiger partial charge in [-0.05, 0) is 12.5 Å². The molecule has 2 rings (SSSR count). The minimum absolute atomic E-state index is 0.0712. The van der Waals surface area contributed by atoms with Crippen LogP contribution in [0.3, 0.4) is 0 Å². The number of fused-ring (bicyclic) bond motifs is 1. The second kappa shape index (κ2) is 6.13. The van der Waals surface area contributed by atoms with Crippen molar-refractivity contribution in [2.24, 2.45) is 0 Å². The summed E-state index contributed by atoms with van der Waals surface area (Å²) >= 11 is 0. The topological polar surface area (TPSA) is 74.8 Å². The van der Waals surface area contributed by atoms with E-state index in [0.29, 0.717) is 23.0 Å². The van der Waals surface area contributed by atoms with Gasteiger partial charge in [-0.15, -0.1) is 0 Å². The Morgan fingerprint density at radius 2 is 2.00 bits per heavy atom. The maximum atomic E-state index is 11.8. The number of anilines is 1. The molecular formula is C14H17N3O2. The van der Waals surface area contributed by atoms with Crippen LogP contribution in [0.15, 0.2) is 29.1 Å². The molecule has 0 aliphatic carbocycles. The fourth-order valence-corrected chi connectivity index (χ4v) is 1.94. The quantitative estimate of drug-likeness (QED) is 0.810. The highest BCUT2D eigenvalue weighted by Crippen LogP contribution is 2.17. The van der Waals surface area contributed by atoms with Gasteiger partial charge in [0.2, 0.25) is 5.91 Å². The number of carbonyl (C=O) groups is 1. The molecule has 0 unspecified atom stereocenters. The number of carbonyl (C=O) groups excluding carboxylic acids is 1. The fraction of sp³-hybridized carbons (Fsp3) is 0.357. The van der Waals surface area contributed by atoms with E-state index >= 15 is 0 Å². The lowest BCUT2D eigenvalue weighted by atomic mass is 10.1. The highest BCUT2D eigenvalue weighted by atomic mass is 16.1. The summed E-state index contributed by atoms with van der Waals surface area (Å²) in [5.74, 6) is 0.342. The summed E-state index contributed by atoms with van der Waals surface area (Å²) in [6.45, 7) is 2.09. The van der Waals surface area contributed by atoms with Crippen molar-refractivity contribution >= 4 is 22.5 Å². The molecule has 0 saturated heterocycles. The molecule has 1 heterocycles. The lowest BCUT2D eigenvalue weighted by molar-refractivity contribution is -0.116. The molecule has 5 heteroatoms. The Morgan fingerprint density at radius 3 is 2.74 bits per heavy atom. The van der Waals surface area contributed by atoms with Crippen molar-refractivity contribution < 1.29 is 4.79 Å². The third kappa shape index (κ3) is 3.19. The van der Waals surface area contributed by atoms with Crippen molar-refractivity contribution in [3.05, 3.63) is 34.6 Å². The lowest BCUT2D eigenvalue weighted by Gasteiger charge is -2.06. The average molecular weight is 259 g/mol. The van der Waals surface area contributed by atoms with Crippen molar-refractivity contribution in [3.63, 3.8) is 0 Å². The molecule has 0 saturated carbocycles. The van der Waals surface area contributed by atoms with Crippen LogP contribution in [0.2, 0.25) is 0 Å². The number of aromatic nitrogens is 2. The number of nitrogens with one attached hydrogen (secondary N) is 2. The highest BCUT2D eigenvalue weighted by Gasteiger charge is 2.08. The first kappa shape index (κ1) is 13.3. The van der Waals surface area contributed by atoms with E-state index in [9.17, 15) is 9.59 Å². The predicted octanol–water partition coefficient (Wildman–Crippen LogP) is 2.44. The van der Waals surface area contributed by atoms with Crippen molar-refractivity contribution in [1.29, 1.82) is 0 Å². The zero-order valence-electron chi connectivity index (χ0n) is 10.9. The summed E-state index contributed by atoms with van der Waals surface area (Å²) in [5.41, 5.74) is -0.250. The first-order chi connectivity index (χ1) is 9.22. The van der Waals surface area contributed by atoms with Crippen molar-refractivity contribution in [1.82, 2.24) is 10.2 Å². The number of unbranched alkanes of at least 4 members (excludes halogenated alkanes) is 2. The molecule has 0 atom stereocenters. The average Bonchev–Trinajstić information content (AvgIpc) is 2.43. The van der Waals surface area contributed by atoms with Gasteiger partial charge < -0.3 is 5.32 Å². The van der Waals surface area contributed by atoms with Gasteiger partial charge in [-0.25, -0.2) is 5.10 Å². The van der Waals surface area contributed by atoms with Crippen LogP contribution in [0.1, 0.15) is 32.6 Å². The van der Waals surface area contributed by atoms with Gasteiger partial charge in [-0.2, -0.15) is 5.10 Å².